The van der Waals surface area contributed by atoms with E-state index < -0.39 is 0 Å². The van der Waals surface area contributed by atoms with Gasteiger partial charge in [-0.2, -0.15) is 25.3 Å². The van der Waals surface area contributed by atoms with Crippen molar-refractivity contribution in [2.75, 3.05) is 11.5 Å². The Kier molecular flexibility index (Phi) is 24.3. The highest BCUT2D eigenvalue weighted by Crippen LogP contribution is 2.02. The first-order chi connectivity index (χ1) is 7.33. The van der Waals surface area contributed by atoms with Crippen LogP contribution in [0.25, 0.3) is 0 Å². The van der Waals surface area contributed by atoms with E-state index in [9.17, 15) is 0 Å². The Labute approximate surface area is 108 Å². The van der Waals surface area contributed by atoms with Crippen LogP contribution in [0.15, 0.2) is 0 Å². The summed E-state index contributed by atoms with van der Waals surface area (Å²) in [5.41, 5.74) is 0. The summed E-state index contributed by atoms with van der Waals surface area (Å²) in [6.07, 6.45) is 12.2. The summed E-state index contributed by atoms with van der Waals surface area (Å²) in [5, 5.41) is 0. The molecule has 0 atom stereocenters. The van der Waals surface area contributed by atoms with E-state index in [1.807, 2.05) is 0 Å². The van der Waals surface area contributed by atoms with Crippen molar-refractivity contribution in [2.45, 2.75) is 71.6 Å². The molecule has 0 aromatic heterocycles. The Morgan fingerprint density at radius 1 is 0.533 bits per heavy atom. The fourth-order valence-electron chi connectivity index (χ4n) is 1.25. The third-order valence-electron chi connectivity index (χ3n) is 2.27. The molecule has 0 fully saturated rings. The second-order valence-electron chi connectivity index (χ2n) is 3.92. The van der Waals surface area contributed by atoms with Crippen LogP contribution in [0.2, 0.25) is 0 Å². The summed E-state index contributed by atoms with van der Waals surface area (Å²) in [6.45, 7) is 4.46. The molecule has 0 radical (unpaired) electrons. The molecule has 0 saturated heterocycles. The zero-order valence-corrected chi connectivity index (χ0v) is 12.5. The number of thiol groups is 2. The molecule has 0 aliphatic rings. The van der Waals surface area contributed by atoms with Crippen molar-refractivity contribution in [1.29, 1.82) is 0 Å². The first-order valence-electron chi connectivity index (χ1n) is 6.55. The zero-order valence-electron chi connectivity index (χ0n) is 10.7. The average molecular weight is 251 g/mol. The van der Waals surface area contributed by atoms with Gasteiger partial charge in [-0.05, 0) is 24.3 Å². The van der Waals surface area contributed by atoms with E-state index in [1.54, 1.807) is 0 Å². The van der Waals surface area contributed by atoms with Crippen LogP contribution in [-0.2, 0) is 0 Å². The smallest absolute Gasteiger partial charge is 0.00979 e. The molecule has 0 aliphatic carbocycles. The van der Waals surface area contributed by atoms with Crippen molar-refractivity contribution in [3.8, 4) is 0 Å². The van der Waals surface area contributed by atoms with E-state index >= 15 is 0 Å². The van der Waals surface area contributed by atoms with Crippen LogP contribution in [-0.4, -0.2) is 11.5 Å². The SMILES string of the molecule is CCCCCCCS.CCCCCCS. The van der Waals surface area contributed by atoms with E-state index in [0.717, 1.165) is 11.5 Å². The quantitative estimate of drug-likeness (QED) is 0.398. The monoisotopic (exact) mass is 250 g/mol. The van der Waals surface area contributed by atoms with Gasteiger partial charge < -0.3 is 0 Å². The van der Waals surface area contributed by atoms with Crippen LogP contribution >= 0.6 is 25.3 Å². The molecule has 0 aliphatic heterocycles. The molecular weight excluding hydrogens is 220 g/mol. The first-order valence-corrected chi connectivity index (χ1v) is 7.81. The Morgan fingerprint density at radius 3 is 1.20 bits per heavy atom. The summed E-state index contributed by atoms with van der Waals surface area (Å²) in [6, 6.07) is 0. The molecule has 0 amide bonds. The maximum atomic E-state index is 4.12. The van der Waals surface area contributed by atoms with E-state index in [2.05, 4.69) is 39.1 Å². The number of unbranched alkanes of at least 4 members (excludes halogenated alkanes) is 7. The third kappa shape index (κ3) is 25.2. The molecule has 0 aromatic carbocycles. The molecule has 0 unspecified atom stereocenters. The minimum absolute atomic E-state index is 1.06. The normalized spacial score (nSPS) is 9.60. The van der Waals surface area contributed by atoms with Crippen LogP contribution in [0, 0.1) is 0 Å². The lowest BCUT2D eigenvalue weighted by molar-refractivity contribution is 0.660. The van der Waals surface area contributed by atoms with Gasteiger partial charge in [-0.15, -0.1) is 0 Å². The Morgan fingerprint density at radius 2 is 0.867 bits per heavy atom. The van der Waals surface area contributed by atoms with Crippen molar-refractivity contribution < 1.29 is 0 Å². The Bertz CT molecular complexity index is 74.6. The van der Waals surface area contributed by atoms with Gasteiger partial charge in [0, 0.05) is 0 Å². The van der Waals surface area contributed by atoms with Gasteiger partial charge in [-0.25, -0.2) is 0 Å². The number of rotatable bonds is 9. The number of hydrogen-bond acceptors (Lipinski definition) is 2. The molecule has 0 N–H and O–H groups in total. The minimum Gasteiger partial charge on any atom is -0.179 e. The predicted octanol–water partition coefficient (Wildman–Crippen LogP) is 5.38. The summed E-state index contributed by atoms with van der Waals surface area (Å²) >= 11 is 8.22. The highest BCUT2D eigenvalue weighted by Gasteiger charge is 1.83. The summed E-state index contributed by atoms with van der Waals surface area (Å²) in [7, 11) is 0. The maximum Gasteiger partial charge on any atom is -0.00979 e. The fourth-order valence-corrected chi connectivity index (χ4v) is 1.70. The van der Waals surface area contributed by atoms with Crippen LogP contribution in [0.5, 0.6) is 0 Å². The van der Waals surface area contributed by atoms with Gasteiger partial charge in [0.25, 0.3) is 0 Å². The molecule has 0 aromatic rings. The lowest BCUT2D eigenvalue weighted by Gasteiger charge is -1.93. The largest absolute Gasteiger partial charge is 0.179 e. The van der Waals surface area contributed by atoms with E-state index in [-0.39, 0.29) is 0 Å². The number of hydrogen-bond donors (Lipinski definition) is 2. The van der Waals surface area contributed by atoms with Gasteiger partial charge in [0.2, 0.25) is 0 Å². The van der Waals surface area contributed by atoms with Crippen LogP contribution < -0.4 is 0 Å². The molecule has 94 valence electrons. The lowest BCUT2D eigenvalue weighted by atomic mass is 10.2. The molecule has 2 heteroatoms. The topological polar surface area (TPSA) is 0 Å². The molecule has 0 heterocycles. The van der Waals surface area contributed by atoms with Crippen molar-refractivity contribution in [2.24, 2.45) is 0 Å². The van der Waals surface area contributed by atoms with Crippen molar-refractivity contribution >= 4 is 25.3 Å². The van der Waals surface area contributed by atoms with E-state index in [0.29, 0.717) is 0 Å². The van der Waals surface area contributed by atoms with Crippen LogP contribution in [0.3, 0.4) is 0 Å². The molecule has 0 rings (SSSR count). The van der Waals surface area contributed by atoms with E-state index in [1.165, 1.54) is 57.8 Å². The van der Waals surface area contributed by atoms with Gasteiger partial charge in [-0.1, -0.05) is 58.8 Å². The average Bonchev–Trinajstić information content (AvgIpc) is 2.26. The highest BCUT2D eigenvalue weighted by atomic mass is 32.1. The van der Waals surface area contributed by atoms with Crippen molar-refractivity contribution in [3.63, 3.8) is 0 Å². The van der Waals surface area contributed by atoms with Gasteiger partial charge >= 0.3 is 0 Å². The molecular formula is C13H30S2. The standard InChI is InChI=1S/C7H16S.C6H14S/c1-2-3-4-5-6-7-8;1-2-3-4-5-6-7/h8H,2-7H2,1H3;7H,2-6H2,1H3. The van der Waals surface area contributed by atoms with Gasteiger partial charge in [0.15, 0.2) is 0 Å². The third-order valence-corrected chi connectivity index (χ3v) is 2.91. The second kappa shape index (κ2) is 20.2. The zero-order chi connectivity index (χ0) is 11.8. The maximum absolute atomic E-state index is 4.12. The summed E-state index contributed by atoms with van der Waals surface area (Å²) in [4.78, 5) is 0. The molecule has 0 nitrogen and oxygen atoms in total. The highest BCUT2D eigenvalue weighted by molar-refractivity contribution is 7.80. The van der Waals surface area contributed by atoms with Gasteiger partial charge in [0.1, 0.15) is 0 Å². The van der Waals surface area contributed by atoms with Crippen LogP contribution in [0.1, 0.15) is 71.6 Å². The molecule has 0 spiro atoms. The second-order valence-corrected chi connectivity index (χ2v) is 4.82. The summed E-state index contributed by atoms with van der Waals surface area (Å²) in [5.74, 6) is 2.11. The lowest BCUT2D eigenvalue weighted by Crippen LogP contribution is -1.76. The minimum atomic E-state index is 1.06. The summed E-state index contributed by atoms with van der Waals surface area (Å²) < 4.78 is 0. The van der Waals surface area contributed by atoms with Gasteiger partial charge in [-0.3, -0.25) is 0 Å². The predicted molar refractivity (Wildman–Crippen MR) is 80.6 cm³/mol. The Hall–Kier alpha value is 0.700. The molecule has 0 saturated carbocycles. The van der Waals surface area contributed by atoms with Crippen molar-refractivity contribution in [3.05, 3.63) is 0 Å². The fraction of sp³-hybridized carbons (Fsp3) is 1.00. The van der Waals surface area contributed by atoms with Crippen molar-refractivity contribution in [1.82, 2.24) is 0 Å². The van der Waals surface area contributed by atoms with E-state index in [4.69, 9.17) is 0 Å². The first kappa shape index (κ1) is 18.1. The van der Waals surface area contributed by atoms with Gasteiger partial charge in [0.05, 0.1) is 0 Å². The molecule has 0 bridgehead atoms. The molecule has 15 heavy (non-hydrogen) atoms. The Balaban J connectivity index is 0. The van der Waals surface area contributed by atoms with Crippen LogP contribution in [0.4, 0.5) is 0 Å².